The van der Waals surface area contributed by atoms with Crippen LogP contribution in [0.3, 0.4) is 0 Å². The van der Waals surface area contributed by atoms with Gasteiger partial charge in [-0.1, -0.05) is 87.0 Å². The van der Waals surface area contributed by atoms with Gasteiger partial charge < -0.3 is 5.32 Å². The van der Waals surface area contributed by atoms with E-state index in [4.69, 9.17) is 4.98 Å². The molecule has 202 valence electrons. The summed E-state index contributed by atoms with van der Waals surface area (Å²) in [6.07, 6.45) is 1.15. The first kappa shape index (κ1) is 26.5. The van der Waals surface area contributed by atoms with E-state index in [0.29, 0.717) is 11.0 Å². The molecule has 0 saturated heterocycles. The van der Waals surface area contributed by atoms with E-state index in [2.05, 4.69) is 94.2 Å². The second-order valence-electron chi connectivity index (χ2n) is 10.0. The maximum absolute atomic E-state index is 4.70. The van der Waals surface area contributed by atoms with Crippen LogP contribution >= 0.6 is 11.3 Å². The first-order valence-corrected chi connectivity index (χ1v) is 14.7. The van der Waals surface area contributed by atoms with Gasteiger partial charge in [-0.25, -0.2) is 4.98 Å². The van der Waals surface area contributed by atoms with Gasteiger partial charge in [-0.2, -0.15) is 5.11 Å². The predicted octanol–water partition coefficient (Wildman–Crippen LogP) is 11.4. The summed E-state index contributed by atoms with van der Waals surface area (Å²) in [7, 11) is 0. The van der Waals surface area contributed by atoms with Gasteiger partial charge in [0.15, 0.2) is 0 Å². The molecule has 1 N–H and O–H groups in total. The molecular formula is C34H30N6S. The minimum Gasteiger partial charge on any atom is -0.384 e. The Balaban J connectivity index is 1.15. The Morgan fingerprint density at radius 3 is 2.17 bits per heavy atom. The molecule has 0 spiro atoms. The van der Waals surface area contributed by atoms with Crippen LogP contribution in [0.15, 0.2) is 129 Å². The Hall–Kier alpha value is -4.75. The molecule has 0 aliphatic heterocycles. The number of anilines is 1. The van der Waals surface area contributed by atoms with Crippen LogP contribution in [-0.2, 0) is 0 Å². The van der Waals surface area contributed by atoms with E-state index in [1.54, 1.807) is 0 Å². The molecule has 5 aromatic carbocycles. The Morgan fingerprint density at radius 2 is 1.39 bits per heavy atom. The molecule has 0 radical (unpaired) electrons. The number of rotatable bonds is 9. The third-order valence-corrected chi connectivity index (χ3v) is 7.90. The molecule has 1 atom stereocenters. The van der Waals surface area contributed by atoms with Crippen LogP contribution in [0, 0.1) is 5.92 Å². The molecule has 0 aliphatic carbocycles. The molecule has 1 heterocycles. The third kappa shape index (κ3) is 6.05. The molecule has 0 saturated carbocycles. The Labute approximate surface area is 243 Å². The maximum Gasteiger partial charge on any atom is 0.230 e. The first-order chi connectivity index (χ1) is 20.2. The van der Waals surface area contributed by atoms with Crippen molar-refractivity contribution in [2.24, 2.45) is 26.4 Å². The fourth-order valence-corrected chi connectivity index (χ4v) is 5.27. The summed E-state index contributed by atoms with van der Waals surface area (Å²) in [4.78, 5) is 4.70. The van der Waals surface area contributed by atoms with Crippen molar-refractivity contribution >= 4 is 60.8 Å². The van der Waals surface area contributed by atoms with Crippen LogP contribution in [0.5, 0.6) is 0 Å². The van der Waals surface area contributed by atoms with Gasteiger partial charge in [0.2, 0.25) is 5.13 Å². The Bertz CT molecular complexity index is 1850. The zero-order chi connectivity index (χ0) is 28.0. The van der Waals surface area contributed by atoms with Crippen molar-refractivity contribution in [1.29, 1.82) is 0 Å². The fourth-order valence-electron chi connectivity index (χ4n) is 4.63. The molecule has 41 heavy (non-hydrogen) atoms. The second-order valence-corrected chi connectivity index (χ2v) is 10.9. The fraction of sp³-hybridized carbons (Fsp3) is 0.147. The highest BCUT2D eigenvalue weighted by atomic mass is 32.1. The molecule has 0 aliphatic rings. The predicted molar refractivity (Wildman–Crippen MR) is 172 cm³/mol. The minimum atomic E-state index is 0.615. The van der Waals surface area contributed by atoms with Crippen LogP contribution < -0.4 is 5.32 Å². The van der Waals surface area contributed by atoms with Crippen LogP contribution in [0.25, 0.3) is 32.8 Å². The molecular weight excluding hydrogens is 524 g/mol. The first-order valence-electron chi connectivity index (χ1n) is 13.8. The van der Waals surface area contributed by atoms with E-state index in [1.165, 1.54) is 22.1 Å². The van der Waals surface area contributed by atoms with Gasteiger partial charge in [0.1, 0.15) is 0 Å². The molecule has 0 amide bonds. The lowest BCUT2D eigenvalue weighted by molar-refractivity contribution is 0.594. The van der Waals surface area contributed by atoms with Crippen molar-refractivity contribution in [1.82, 2.24) is 4.98 Å². The highest BCUT2D eigenvalue weighted by molar-refractivity contribution is 7.13. The van der Waals surface area contributed by atoms with Gasteiger partial charge in [-0.3, -0.25) is 0 Å². The van der Waals surface area contributed by atoms with Crippen molar-refractivity contribution in [3.8, 4) is 11.3 Å². The summed E-state index contributed by atoms with van der Waals surface area (Å²) in [6.45, 7) is 5.42. The lowest BCUT2D eigenvalue weighted by Gasteiger charge is -2.14. The molecule has 1 aromatic heterocycles. The van der Waals surface area contributed by atoms with Crippen molar-refractivity contribution in [3.05, 3.63) is 109 Å². The number of hydrogen-bond donors (Lipinski definition) is 1. The van der Waals surface area contributed by atoms with Gasteiger partial charge in [-0.15, -0.1) is 26.7 Å². The van der Waals surface area contributed by atoms with Gasteiger partial charge >= 0.3 is 0 Å². The number of aromatic nitrogens is 1. The zero-order valence-corrected chi connectivity index (χ0v) is 23.8. The van der Waals surface area contributed by atoms with Crippen molar-refractivity contribution in [2.45, 2.75) is 20.3 Å². The third-order valence-electron chi connectivity index (χ3n) is 7.17. The normalized spacial score (nSPS) is 12.5. The van der Waals surface area contributed by atoms with Gasteiger partial charge in [0.05, 0.1) is 22.8 Å². The second kappa shape index (κ2) is 12.2. The monoisotopic (exact) mass is 554 g/mol. The summed E-state index contributed by atoms with van der Waals surface area (Å²) in [6, 6.07) is 34.6. The number of thiazole rings is 1. The van der Waals surface area contributed by atoms with Gasteiger partial charge in [0, 0.05) is 33.9 Å². The molecule has 6 aromatic rings. The summed E-state index contributed by atoms with van der Waals surface area (Å²) in [5.74, 6) is 0.615. The molecule has 6 rings (SSSR count). The van der Waals surface area contributed by atoms with Crippen LogP contribution in [0.1, 0.15) is 20.3 Å². The topological polar surface area (TPSA) is 74.4 Å². The number of fused-ring (bicyclic) bond motifs is 2. The number of nitrogens with one attached hydrogen (secondary N) is 1. The van der Waals surface area contributed by atoms with E-state index in [1.807, 2.05) is 53.9 Å². The van der Waals surface area contributed by atoms with E-state index in [-0.39, 0.29) is 0 Å². The smallest absolute Gasteiger partial charge is 0.230 e. The standard InChI is InChI=1S/C34H30N6S/c1-3-23(2)21-35-31-19-20-32(30-13-7-6-12-29(30)31)39-37-25-15-17-26(18-16-25)38-40-34-36-33(22-41-34)28-14-8-10-24-9-4-5-11-27(24)28/h4-20,22-23,35H,3,21H2,1-2H3/b39-37+,40-38+. The molecule has 7 heteroatoms. The van der Waals surface area contributed by atoms with Crippen LogP contribution in [0.2, 0.25) is 0 Å². The largest absolute Gasteiger partial charge is 0.384 e. The highest BCUT2D eigenvalue weighted by Gasteiger charge is 2.09. The van der Waals surface area contributed by atoms with E-state index >= 15 is 0 Å². The number of azo groups is 2. The quantitative estimate of drug-likeness (QED) is 0.180. The number of hydrogen-bond acceptors (Lipinski definition) is 7. The van der Waals surface area contributed by atoms with E-state index in [0.717, 1.165) is 57.7 Å². The average molecular weight is 555 g/mol. The van der Waals surface area contributed by atoms with E-state index < -0.39 is 0 Å². The molecule has 0 fully saturated rings. The Kier molecular flexibility index (Phi) is 7.87. The van der Waals surface area contributed by atoms with Gasteiger partial charge in [-0.05, 0) is 53.1 Å². The highest BCUT2D eigenvalue weighted by Crippen LogP contribution is 2.34. The zero-order valence-electron chi connectivity index (χ0n) is 23.0. The summed E-state index contributed by atoms with van der Waals surface area (Å²) in [5.41, 5.74) is 5.44. The van der Waals surface area contributed by atoms with Crippen molar-refractivity contribution in [2.75, 3.05) is 11.9 Å². The number of benzene rings is 5. The van der Waals surface area contributed by atoms with Crippen molar-refractivity contribution < 1.29 is 0 Å². The van der Waals surface area contributed by atoms with Crippen LogP contribution in [-0.4, -0.2) is 11.5 Å². The number of nitrogens with zero attached hydrogens (tertiary/aromatic N) is 5. The molecule has 6 nitrogen and oxygen atoms in total. The lowest BCUT2D eigenvalue weighted by atomic mass is 10.0. The minimum absolute atomic E-state index is 0.615. The summed E-state index contributed by atoms with van der Waals surface area (Å²) >= 11 is 1.48. The molecule has 1 unspecified atom stereocenters. The molecule has 0 bridgehead atoms. The maximum atomic E-state index is 4.70. The van der Waals surface area contributed by atoms with Crippen molar-refractivity contribution in [3.63, 3.8) is 0 Å². The lowest BCUT2D eigenvalue weighted by Crippen LogP contribution is -2.10. The Morgan fingerprint density at radius 1 is 0.707 bits per heavy atom. The SMILES string of the molecule is CCC(C)CNc1ccc(/N=N/c2ccc(/N=N/c3nc(-c4cccc5ccccc45)cs3)cc2)c2ccccc12. The average Bonchev–Trinajstić information content (AvgIpc) is 3.51. The van der Waals surface area contributed by atoms with Gasteiger partial charge in [0.25, 0.3) is 0 Å². The van der Waals surface area contributed by atoms with E-state index in [9.17, 15) is 0 Å². The summed E-state index contributed by atoms with van der Waals surface area (Å²) in [5, 5.41) is 28.6. The van der Waals surface area contributed by atoms with Crippen LogP contribution in [0.4, 0.5) is 27.9 Å². The summed E-state index contributed by atoms with van der Waals surface area (Å²) < 4.78 is 0.